The first kappa shape index (κ1) is 20.4. The fraction of sp³-hybridized carbons (Fsp3) is 0.200. The SMILES string of the molecule is CCOc1cc(C(=O)Nc2nc(-c3ccc4c(c3)OCO4)cs2)c([N+](=O)[O-])cc1OC. The van der Waals surface area contributed by atoms with Gasteiger partial charge in [0.1, 0.15) is 5.56 Å². The molecular weight excluding hydrogens is 426 g/mol. The Kier molecular flexibility index (Phi) is 5.58. The number of amides is 1. The highest BCUT2D eigenvalue weighted by Gasteiger charge is 2.25. The summed E-state index contributed by atoms with van der Waals surface area (Å²) in [5.74, 6) is 1.00. The van der Waals surface area contributed by atoms with Gasteiger partial charge in [0.05, 0.1) is 30.4 Å². The van der Waals surface area contributed by atoms with Gasteiger partial charge in [0.25, 0.3) is 11.6 Å². The molecule has 11 heteroatoms. The molecule has 10 nitrogen and oxygen atoms in total. The van der Waals surface area contributed by atoms with Crippen LogP contribution in [0.1, 0.15) is 17.3 Å². The number of hydrogen-bond donors (Lipinski definition) is 1. The molecule has 0 saturated heterocycles. The molecule has 0 radical (unpaired) electrons. The first-order chi connectivity index (χ1) is 15.0. The summed E-state index contributed by atoms with van der Waals surface area (Å²) in [4.78, 5) is 28.1. The van der Waals surface area contributed by atoms with Crippen LogP contribution in [0.3, 0.4) is 0 Å². The first-order valence-corrected chi connectivity index (χ1v) is 10.0. The van der Waals surface area contributed by atoms with Crippen LogP contribution in [0.25, 0.3) is 11.3 Å². The van der Waals surface area contributed by atoms with Gasteiger partial charge in [-0.05, 0) is 25.1 Å². The van der Waals surface area contributed by atoms with E-state index < -0.39 is 16.5 Å². The summed E-state index contributed by atoms with van der Waals surface area (Å²) in [6, 6.07) is 7.87. The van der Waals surface area contributed by atoms with Crippen molar-refractivity contribution in [2.75, 3.05) is 25.8 Å². The number of benzene rings is 2. The molecular formula is C20H17N3O7S. The number of carbonyl (C=O) groups is 1. The second-order valence-electron chi connectivity index (χ2n) is 6.27. The summed E-state index contributed by atoms with van der Waals surface area (Å²) < 4.78 is 21.2. The van der Waals surface area contributed by atoms with E-state index in [-0.39, 0.29) is 23.9 Å². The Morgan fingerprint density at radius 2 is 2.06 bits per heavy atom. The molecule has 1 aliphatic rings. The minimum Gasteiger partial charge on any atom is -0.493 e. The van der Waals surface area contributed by atoms with E-state index in [0.717, 1.165) is 5.56 Å². The Hall–Kier alpha value is -3.86. The van der Waals surface area contributed by atoms with Crippen LogP contribution in [0.5, 0.6) is 23.0 Å². The maximum Gasteiger partial charge on any atom is 0.286 e. The van der Waals surface area contributed by atoms with E-state index in [9.17, 15) is 14.9 Å². The normalized spacial score (nSPS) is 11.8. The van der Waals surface area contributed by atoms with Gasteiger partial charge in [-0.1, -0.05) is 0 Å². The molecule has 1 N–H and O–H groups in total. The van der Waals surface area contributed by atoms with E-state index in [1.54, 1.807) is 24.4 Å². The zero-order valence-corrected chi connectivity index (χ0v) is 17.4. The molecule has 160 valence electrons. The summed E-state index contributed by atoms with van der Waals surface area (Å²) in [6.07, 6.45) is 0. The van der Waals surface area contributed by atoms with E-state index in [1.165, 1.54) is 30.6 Å². The largest absolute Gasteiger partial charge is 0.493 e. The van der Waals surface area contributed by atoms with Gasteiger partial charge in [-0.25, -0.2) is 4.98 Å². The monoisotopic (exact) mass is 443 g/mol. The summed E-state index contributed by atoms with van der Waals surface area (Å²) in [5, 5.41) is 16.2. The number of nitrogens with one attached hydrogen (secondary N) is 1. The molecule has 0 atom stereocenters. The molecule has 2 aromatic carbocycles. The molecule has 1 aromatic heterocycles. The molecule has 31 heavy (non-hydrogen) atoms. The number of nitro groups is 1. The van der Waals surface area contributed by atoms with Gasteiger partial charge in [0.2, 0.25) is 6.79 Å². The van der Waals surface area contributed by atoms with E-state index >= 15 is 0 Å². The lowest BCUT2D eigenvalue weighted by Gasteiger charge is -2.11. The van der Waals surface area contributed by atoms with Gasteiger partial charge in [0, 0.05) is 17.0 Å². The fourth-order valence-electron chi connectivity index (χ4n) is 2.99. The number of methoxy groups -OCH3 is 1. The summed E-state index contributed by atoms with van der Waals surface area (Å²) in [5.41, 5.74) is 0.854. The maximum atomic E-state index is 12.8. The van der Waals surface area contributed by atoms with Crippen LogP contribution in [0, 0.1) is 10.1 Å². The standard InChI is InChI=1S/C20H17N3O7S/c1-3-28-18-7-12(14(23(25)26)8-16(18)27-2)19(24)22-20-21-13(9-31-20)11-4-5-15-17(6-11)30-10-29-15/h4-9H,3,10H2,1-2H3,(H,21,22,24). The lowest BCUT2D eigenvalue weighted by molar-refractivity contribution is -0.385. The number of hydrogen-bond acceptors (Lipinski definition) is 9. The van der Waals surface area contributed by atoms with Crippen LogP contribution >= 0.6 is 11.3 Å². The summed E-state index contributed by atoms with van der Waals surface area (Å²) in [7, 11) is 1.37. The van der Waals surface area contributed by atoms with Crippen LogP contribution in [0.4, 0.5) is 10.8 Å². The average Bonchev–Trinajstić information content (AvgIpc) is 3.42. The van der Waals surface area contributed by atoms with Crippen LogP contribution in [0.2, 0.25) is 0 Å². The second kappa shape index (κ2) is 8.48. The Labute approximate surface area is 180 Å². The molecule has 0 unspecified atom stereocenters. The molecule has 1 amide bonds. The summed E-state index contributed by atoms with van der Waals surface area (Å²) in [6.45, 7) is 2.23. The van der Waals surface area contributed by atoms with Crippen molar-refractivity contribution in [2.24, 2.45) is 0 Å². The quantitative estimate of drug-likeness (QED) is 0.428. The minimum atomic E-state index is -0.679. The van der Waals surface area contributed by atoms with E-state index in [4.69, 9.17) is 18.9 Å². The van der Waals surface area contributed by atoms with Crippen molar-refractivity contribution in [3.05, 3.63) is 51.4 Å². The van der Waals surface area contributed by atoms with Crippen molar-refractivity contribution in [1.82, 2.24) is 4.98 Å². The van der Waals surface area contributed by atoms with Crippen molar-refractivity contribution in [3.63, 3.8) is 0 Å². The molecule has 1 aliphatic heterocycles. The Bertz CT molecular complexity index is 1160. The van der Waals surface area contributed by atoms with E-state index in [2.05, 4.69) is 10.3 Å². The molecule has 4 rings (SSSR count). The molecule has 0 aliphatic carbocycles. The van der Waals surface area contributed by atoms with Crippen LogP contribution in [-0.4, -0.2) is 36.3 Å². The van der Waals surface area contributed by atoms with Crippen molar-refractivity contribution >= 4 is 28.1 Å². The Morgan fingerprint density at radius 3 is 2.81 bits per heavy atom. The van der Waals surface area contributed by atoms with Crippen molar-refractivity contribution in [3.8, 4) is 34.3 Å². The molecule has 0 saturated carbocycles. The third kappa shape index (κ3) is 4.08. The highest BCUT2D eigenvalue weighted by molar-refractivity contribution is 7.14. The predicted octanol–water partition coefficient (Wildman–Crippen LogP) is 4.11. The Balaban J connectivity index is 1.60. The third-order valence-electron chi connectivity index (χ3n) is 4.42. The molecule has 3 aromatic rings. The molecule has 0 bridgehead atoms. The van der Waals surface area contributed by atoms with Crippen molar-refractivity contribution in [1.29, 1.82) is 0 Å². The number of nitro benzene ring substituents is 1. The predicted molar refractivity (Wildman–Crippen MR) is 112 cm³/mol. The number of fused-ring (bicyclic) bond motifs is 1. The number of aromatic nitrogens is 1. The molecule has 2 heterocycles. The smallest absolute Gasteiger partial charge is 0.286 e. The fourth-order valence-corrected chi connectivity index (χ4v) is 3.71. The van der Waals surface area contributed by atoms with Crippen LogP contribution in [0.15, 0.2) is 35.7 Å². The van der Waals surface area contributed by atoms with Gasteiger partial charge in [-0.3, -0.25) is 20.2 Å². The van der Waals surface area contributed by atoms with Gasteiger partial charge in [0.15, 0.2) is 28.1 Å². The van der Waals surface area contributed by atoms with Gasteiger partial charge < -0.3 is 18.9 Å². The van der Waals surface area contributed by atoms with Crippen LogP contribution in [-0.2, 0) is 0 Å². The average molecular weight is 443 g/mol. The maximum absolute atomic E-state index is 12.8. The Morgan fingerprint density at radius 1 is 1.26 bits per heavy atom. The van der Waals surface area contributed by atoms with Gasteiger partial charge in [-0.2, -0.15) is 0 Å². The topological polar surface area (TPSA) is 122 Å². The first-order valence-electron chi connectivity index (χ1n) is 9.16. The van der Waals surface area contributed by atoms with Crippen molar-refractivity contribution in [2.45, 2.75) is 6.92 Å². The lowest BCUT2D eigenvalue weighted by Crippen LogP contribution is -2.14. The number of ether oxygens (including phenoxy) is 4. The molecule has 0 fully saturated rings. The number of nitrogens with zero attached hydrogens (tertiary/aromatic N) is 2. The van der Waals surface area contributed by atoms with Gasteiger partial charge in [-0.15, -0.1) is 11.3 Å². The van der Waals surface area contributed by atoms with E-state index in [0.29, 0.717) is 28.9 Å². The molecule has 0 spiro atoms. The second-order valence-corrected chi connectivity index (χ2v) is 7.13. The zero-order valence-electron chi connectivity index (χ0n) is 16.5. The number of thiazole rings is 1. The number of anilines is 1. The third-order valence-corrected chi connectivity index (χ3v) is 5.17. The zero-order chi connectivity index (χ0) is 22.0. The number of rotatable bonds is 7. The van der Waals surface area contributed by atoms with Crippen molar-refractivity contribution < 1.29 is 28.7 Å². The van der Waals surface area contributed by atoms with E-state index in [1.807, 2.05) is 6.07 Å². The summed E-state index contributed by atoms with van der Waals surface area (Å²) >= 11 is 1.20. The number of carbonyl (C=O) groups excluding carboxylic acids is 1. The lowest BCUT2D eigenvalue weighted by atomic mass is 10.1. The van der Waals surface area contributed by atoms with Crippen LogP contribution < -0.4 is 24.3 Å². The minimum absolute atomic E-state index is 0.158. The highest BCUT2D eigenvalue weighted by Crippen LogP contribution is 2.37. The highest BCUT2D eigenvalue weighted by atomic mass is 32.1. The van der Waals surface area contributed by atoms with Gasteiger partial charge >= 0.3 is 0 Å².